The van der Waals surface area contributed by atoms with Crippen LogP contribution < -0.4 is 5.32 Å². The van der Waals surface area contributed by atoms with Crippen molar-refractivity contribution in [3.63, 3.8) is 0 Å². The van der Waals surface area contributed by atoms with E-state index in [1.165, 1.54) is 0 Å². The van der Waals surface area contributed by atoms with E-state index in [1.54, 1.807) is 17.0 Å². The van der Waals surface area contributed by atoms with Gasteiger partial charge < -0.3 is 19.9 Å². The van der Waals surface area contributed by atoms with E-state index in [1.807, 2.05) is 53.4 Å². The molecule has 5 rings (SSSR count). The normalized spacial score (nSPS) is 19.2. The molecule has 2 aliphatic rings. The first-order valence-corrected chi connectivity index (χ1v) is 12.9. The fraction of sp³-hybridized carbons (Fsp3) is 0.357. The Hall–Kier alpha value is -3.13. The highest BCUT2D eigenvalue weighted by atomic mass is 35.5. The van der Waals surface area contributed by atoms with E-state index in [4.69, 9.17) is 16.3 Å². The number of benzene rings is 3. The number of halogens is 1. The molecule has 0 aromatic heterocycles. The number of amides is 3. The first-order chi connectivity index (χ1) is 17.5. The number of carbonyl (C=O) groups is 2. The Morgan fingerprint density at radius 2 is 1.75 bits per heavy atom. The van der Waals surface area contributed by atoms with Crippen molar-refractivity contribution in [1.82, 2.24) is 14.7 Å². The van der Waals surface area contributed by atoms with Crippen LogP contribution in [0.1, 0.15) is 16.8 Å². The van der Waals surface area contributed by atoms with E-state index in [0.717, 1.165) is 48.9 Å². The van der Waals surface area contributed by atoms with E-state index in [-0.39, 0.29) is 18.0 Å². The van der Waals surface area contributed by atoms with Crippen molar-refractivity contribution in [1.29, 1.82) is 0 Å². The van der Waals surface area contributed by atoms with Gasteiger partial charge in [0.15, 0.2) is 0 Å². The minimum absolute atomic E-state index is 0.0633. The Labute approximate surface area is 216 Å². The number of hydrogen-bond donors (Lipinski definition) is 1. The summed E-state index contributed by atoms with van der Waals surface area (Å²) in [7, 11) is 0. The Morgan fingerprint density at radius 1 is 0.889 bits per heavy atom. The molecular weight excluding hydrogens is 476 g/mol. The average Bonchev–Trinajstić information content (AvgIpc) is 3.13. The van der Waals surface area contributed by atoms with Gasteiger partial charge >= 0.3 is 6.03 Å². The first kappa shape index (κ1) is 24.6. The number of carbonyl (C=O) groups excluding carboxylic acids is 2. The molecule has 3 aromatic carbocycles. The van der Waals surface area contributed by atoms with E-state index in [2.05, 4.69) is 16.3 Å². The van der Waals surface area contributed by atoms with Crippen molar-refractivity contribution in [3.05, 3.63) is 77.3 Å². The molecule has 3 amide bonds. The zero-order valence-electron chi connectivity index (χ0n) is 20.2. The molecule has 7 nitrogen and oxygen atoms in total. The van der Waals surface area contributed by atoms with E-state index in [9.17, 15) is 9.59 Å². The van der Waals surface area contributed by atoms with Crippen molar-refractivity contribution in [2.45, 2.75) is 12.5 Å². The maximum atomic E-state index is 13.2. The molecule has 2 aliphatic heterocycles. The summed E-state index contributed by atoms with van der Waals surface area (Å²) < 4.78 is 5.99. The standard InChI is InChI=1S/C28H31ClN4O3/c29-24-7-3-8-25(18-24)30-28(35)33-15-16-36-26(20-33)19-31-11-4-12-32(14-13-31)27(34)23-10-9-21-5-1-2-6-22(21)17-23/h1-3,5-10,17-18,26H,4,11-16,19-20H2,(H,30,35). The number of ether oxygens (including phenoxy) is 1. The largest absolute Gasteiger partial charge is 0.373 e. The minimum Gasteiger partial charge on any atom is -0.373 e. The van der Waals surface area contributed by atoms with Crippen LogP contribution in [0.2, 0.25) is 5.02 Å². The quantitative estimate of drug-likeness (QED) is 0.563. The molecule has 0 aliphatic carbocycles. The van der Waals surface area contributed by atoms with Crippen LogP contribution in [-0.2, 0) is 4.74 Å². The van der Waals surface area contributed by atoms with Gasteiger partial charge in [-0.3, -0.25) is 9.69 Å². The lowest BCUT2D eigenvalue weighted by molar-refractivity contribution is -0.0283. The smallest absolute Gasteiger partial charge is 0.322 e. The highest BCUT2D eigenvalue weighted by molar-refractivity contribution is 6.30. The summed E-state index contributed by atoms with van der Waals surface area (Å²) in [5.41, 5.74) is 1.42. The fourth-order valence-corrected chi connectivity index (χ4v) is 5.12. The molecule has 0 radical (unpaired) electrons. The number of rotatable bonds is 4. The van der Waals surface area contributed by atoms with Crippen molar-refractivity contribution in [3.8, 4) is 0 Å². The Bertz CT molecular complexity index is 1240. The Kier molecular flexibility index (Phi) is 7.70. The third kappa shape index (κ3) is 5.98. The van der Waals surface area contributed by atoms with Gasteiger partial charge in [0.1, 0.15) is 0 Å². The van der Waals surface area contributed by atoms with Crippen LogP contribution in [0.25, 0.3) is 10.8 Å². The molecule has 8 heteroatoms. The van der Waals surface area contributed by atoms with Crippen LogP contribution >= 0.6 is 11.6 Å². The van der Waals surface area contributed by atoms with Crippen LogP contribution in [0.3, 0.4) is 0 Å². The number of morpholine rings is 1. The maximum absolute atomic E-state index is 13.2. The molecule has 36 heavy (non-hydrogen) atoms. The fourth-order valence-electron chi connectivity index (χ4n) is 4.93. The summed E-state index contributed by atoms with van der Waals surface area (Å²) in [6, 6.07) is 21.0. The van der Waals surface area contributed by atoms with Crippen LogP contribution in [0.5, 0.6) is 0 Å². The highest BCUT2D eigenvalue weighted by Crippen LogP contribution is 2.19. The van der Waals surface area contributed by atoms with Crippen molar-refractivity contribution < 1.29 is 14.3 Å². The zero-order valence-corrected chi connectivity index (χ0v) is 21.0. The Morgan fingerprint density at radius 3 is 2.61 bits per heavy atom. The van der Waals surface area contributed by atoms with Gasteiger partial charge in [-0.1, -0.05) is 48.0 Å². The molecule has 1 unspecified atom stereocenters. The summed E-state index contributed by atoms with van der Waals surface area (Å²) in [4.78, 5) is 32.1. The van der Waals surface area contributed by atoms with E-state index >= 15 is 0 Å². The molecule has 2 saturated heterocycles. The lowest BCUT2D eigenvalue weighted by atomic mass is 10.1. The molecule has 1 N–H and O–H groups in total. The van der Waals surface area contributed by atoms with Gasteiger partial charge in [0.25, 0.3) is 5.91 Å². The average molecular weight is 507 g/mol. The van der Waals surface area contributed by atoms with Crippen LogP contribution in [-0.4, -0.2) is 85.2 Å². The van der Waals surface area contributed by atoms with Crippen molar-refractivity contribution in [2.75, 3.05) is 57.7 Å². The number of nitrogens with one attached hydrogen (secondary N) is 1. The van der Waals surface area contributed by atoms with Crippen molar-refractivity contribution in [2.24, 2.45) is 0 Å². The number of fused-ring (bicyclic) bond motifs is 1. The second-order valence-electron chi connectivity index (χ2n) is 9.39. The zero-order chi connectivity index (χ0) is 24.9. The van der Waals surface area contributed by atoms with Crippen LogP contribution in [0.15, 0.2) is 66.7 Å². The number of anilines is 1. The number of hydrogen-bond acceptors (Lipinski definition) is 4. The lowest BCUT2D eigenvalue weighted by Gasteiger charge is -2.35. The van der Waals surface area contributed by atoms with Gasteiger partial charge in [0.05, 0.1) is 12.7 Å². The summed E-state index contributed by atoms with van der Waals surface area (Å²) in [6.07, 6.45) is 0.844. The molecule has 3 aromatic rings. The van der Waals surface area contributed by atoms with Gasteiger partial charge in [-0.2, -0.15) is 0 Å². The van der Waals surface area contributed by atoms with E-state index in [0.29, 0.717) is 37.0 Å². The number of urea groups is 1. The Balaban J connectivity index is 1.14. The van der Waals surface area contributed by atoms with Gasteiger partial charge in [0, 0.05) is 55.5 Å². The molecule has 2 fully saturated rings. The van der Waals surface area contributed by atoms with Gasteiger partial charge in [-0.15, -0.1) is 0 Å². The van der Waals surface area contributed by atoms with E-state index < -0.39 is 0 Å². The molecular formula is C28H31ClN4O3. The topological polar surface area (TPSA) is 65.1 Å². The highest BCUT2D eigenvalue weighted by Gasteiger charge is 2.27. The number of nitrogens with zero attached hydrogens (tertiary/aromatic N) is 3. The van der Waals surface area contributed by atoms with Crippen LogP contribution in [0, 0.1) is 0 Å². The first-order valence-electron chi connectivity index (χ1n) is 12.5. The van der Waals surface area contributed by atoms with Gasteiger partial charge in [0.2, 0.25) is 0 Å². The summed E-state index contributed by atoms with van der Waals surface area (Å²) in [6.45, 7) is 5.43. The van der Waals surface area contributed by atoms with Crippen LogP contribution in [0.4, 0.5) is 10.5 Å². The summed E-state index contributed by atoms with van der Waals surface area (Å²) in [5.74, 6) is 0.0837. The molecule has 2 heterocycles. The predicted octanol–water partition coefficient (Wildman–Crippen LogP) is 4.57. The summed E-state index contributed by atoms with van der Waals surface area (Å²) >= 11 is 6.03. The molecule has 1 atom stereocenters. The van der Waals surface area contributed by atoms with Crippen molar-refractivity contribution >= 4 is 40.0 Å². The predicted molar refractivity (Wildman–Crippen MR) is 143 cm³/mol. The molecule has 0 saturated carbocycles. The lowest BCUT2D eigenvalue weighted by Crippen LogP contribution is -2.51. The second kappa shape index (κ2) is 11.3. The second-order valence-corrected chi connectivity index (χ2v) is 9.82. The van der Waals surface area contributed by atoms with Gasteiger partial charge in [-0.05, 0) is 54.1 Å². The van der Waals surface area contributed by atoms with Gasteiger partial charge in [-0.25, -0.2) is 4.79 Å². The monoisotopic (exact) mass is 506 g/mol. The third-order valence-corrected chi connectivity index (χ3v) is 7.07. The molecule has 188 valence electrons. The maximum Gasteiger partial charge on any atom is 0.322 e. The molecule has 0 bridgehead atoms. The minimum atomic E-state index is -0.145. The SMILES string of the molecule is O=C(Nc1cccc(Cl)c1)N1CCOC(CN2CCCN(C(=O)c3ccc4ccccc4c3)CC2)C1. The summed E-state index contributed by atoms with van der Waals surface area (Å²) in [5, 5.41) is 5.73. The third-order valence-electron chi connectivity index (χ3n) is 6.84. The molecule has 0 spiro atoms.